The van der Waals surface area contributed by atoms with Crippen LogP contribution in [0.15, 0.2) is 60.7 Å². The summed E-state index contributed by atoms with van der Waals surface area (Å²) in [5.74, 6) is 2.53. The van der Waals surface area contributed by atoms with Crippen LogP contribution < -0.4 is 21.1 Å². The molecule has 1 aliphatic rings. The molecule has 0 saturated heterocycles. The van der Waals surface area contributed by atoms with Crippen LogP contribution in [0.3, 0.4) is 0 Å². The number of hydrogen-bond donors (Lipinski definition) is 3. The van der Waals surface area contributed by atoms with E-state index in [9.17, 15) is 4.79 Å². The highest BCUT2D eigenvalue weighted by molar-refractivity contribution is 5.76. The third-order valence-electron chi connectivity index (χ3n) is 6.30. The third-order valence-corrected chi connectivity index (χ3v) is 6.30. The summed E-state index contributed by atoms with van der Waals surface area (Å²) < 4.78 is 5.57. The quantitative estimate of drug-likeness (QED) is 0.400. The van der Waals surface area contributed by atoms with Crippen LogP contribution in [0.5, 0.6) is 5.75 Å². The van der Waals surface area contributed by atoms with Gasteiger partial charge in [0.15, 0.2) is 0 Å². The number of ether oxygens (including phenoxy) is 1. The number of rotatable bonds is 10. The summed E-state index contributed by atoms with van der Waals surface area (Å²) in [4.78, 5) is 20.9. The zero-order valence-corrected chi connectivity index (χ0v) is 19.7. The molecule has 1 amide bonds. The van der Waals surface area contributed by atoms with Crippen LogP contribution in [0, 0.1) is 11.8 Å². The lowest BCUT2D eigenvalue weighted by Gasteiger charge is -2.26. The molecule has 2 aromatic carbocycles. The zero-order valence-electron chi connectivity index (χ0n) is 19.7. The number of amides is 1. The van der Waals surface area contributed by atoms with Gasteiger partial charge in [0.25, 0.3) is 0 Å². The van der Waals surface area contributed by atoms with Crippen LogP contribution in [0.25, 0.3) is 11.3 Å². The van der Waals surface area contributed by atoms with Crippen molar-refractivity contribution < 1.29 is 9.53 Å². The Morgan fingerprint density at radius 2 is 1.74 bits per heavy atom. The van der Waals surface area contributed by atoms with E-state index in [1.165, 1.54) is 5.56 Å². The van der Waals surface area contributed by atoms with Crippen LogP contribution in [-0.2, 0) is 11.3 Å². The molecule has 7 heteroatoms. The van der Waals surface area contributed by atoms with Crippen molar-refractivity contribution in [3.05, 3.63) is 66.2 Å². The van der Waals surface area contributed by atoms with E-state index in [-0.39, 0.29) is 11.8 Å². The molecule has 1 aromatic heterocycles. The number of carbonyl (C=O) groups excluding carboxylic acids is 1. The van der Waals surface area contributed by atoms with E-state index in [4.69, 9.17) is 20.4 Å². The lowest BCUT2D eigenvalue weighted by Crippen LogP contribution is -2.29. The summed E-state index contributed by atoms with van der Waals surface area (Å²) in [7, 11) is 0. The van der Waals surface area contributed by atoms with Crippen LogP contribution in [0.4, 0.5) is 11.8 Å². The molecule has 3 aromatic rings. The Morgan fingerprint density at radius 1 is 1.00 bits per heavy atom. The van der Waals surface area contributed by atoms with Gasteiger partial charge in [-0.3, -0.25) is 4.79 Å². The highest BCUT2D eigenvalue weighted by atomic mass is 16.5. The Bertz CT molecular complexity index is 1060. The summed E-state index contributed by atoms with van der Waals surface area (Å²) in [6, 6.07) is 20.2. The van der Waals surface area contributed by atoms with Crippen LogP contribution in [0.2, 0.25) is 0 Å². The van der Waals surface area contributed by atoms with Crippen molar-refractivity contribution in [2.24, 2.45) is 17.6 Å². The molecule has 4 rings (SSSR count). The highest BCUT2D eigenvalue weighted by Gasteiger charge is 2.24. The standard InChI is InChI=1S/C27H33N5O2/c1-2-34-23-14-12-21(13-15-23)24-16-25(29-17-19-6-4-3-5-7-19)32-27(31-24)30-18-20-8-10-22(11-9-20)26(28)33/h3-7,12-16,20,22H,2,8-11,17-18H2,1H3,(H2,28,33)(H2,29,30,31,32). The second-order valence-electron chi connectivity index (χ2n) is 8.76. The number of nitrogens with zero attached hydrogens (tertiary/aromatic N) is 2. The van der Waals surface area contributed by atoms with Crippen LogP contribution in [0.1, 0.15) is 38.2 Å². The smallest absolute Gasteiger partial charge is 0.225 e. The Balaban J connectivity index is 1.48. The Kier molecular flexibility index (Phi) is 7.96. The first kappa shape index (κ1) is 23.5. The molecule has 34 heavy (non-hydrogen) atoms. The Morgan fingerprint density at radius 3 is 2.41 bits per heavy atom. The summed E-state index contributed by atoms with van der Waals surface area (Å²) in [6.45, 7) is 4.06. The number of nitrogens with two attached hydrogens (primary N) is 1. The van der Waals surface area contributed by atoms with Gasteiger partial charge in [-0.05, 0) is 68.4 Å². The van der Waals surface area contributed by atoms with Gasteiger partial charge in [0, 0.05) is 30.6 Å². The van der Waals surface area contributed by atoms with Gasteiger partial charge < -0.3 is 21.1 Å². The molecule has 1 saturated carbocycles. The van der Waals surface area contributed by atoms with Gasteiger partial charge in [-0.25, -0.2) is 4.98 Å². The summed E-state index contributed by atoms with van der Waals surface area (Å²) in [5, 5.41) is 6.87. The van der Waals surface area contributed by atoms with Gasteiger partial charge in [-0.2, -0.15) is 4.98 Å². The van der Waals surface area contributed by atoms with Gasteiger partial charge in [-0.1, -0.05) is 30.3 Å². The normalized spacial score (nSPS) is 17.7. The molecule has 0 atom stereocenters. The fourth-order valence-electron chi connectivity index (χ4n) is 4.33. The van der Waals surface area contributed by atoms with Crippen molar-refractivity contribution in [1.82, 2.24) is 9.97 Å². The first-order valence-electron chi connectivity index (χ1n) is 12.0. The molecule has 1 heterocycles. The van der Waals surface area contributed by atoms with Gasteiger partial charge in [0.1, 0.15) is 11.6 Å². The fourth-order valence-corrected chi connectivity index (χ4v) is 4.33. The Labute approximate surface area is 201 Å². The molecule has 0 aliphatic heterocycles. The Hall–Kier alpha value is -3.61. The minimum Gasteiger partial charge on any atom is -0.494 e. The van der Waals surface area contributed by atoms with E-state index in [0.29, 0.717) is 25.0 Å². The summed E-state index contributed by atoms with van der Waals surface area (Å²) in [6.07, 6.45) is 3.69. The summed E-state index contributed by atoms with van der Waals surface area (Å²) >= 11 is 0. The van der Waals surface area contributed by atoms with E-state index >= 15 is 0 Å². The number of nitrogens with one attached hydrogen (secondary N) is 2. The molecule has 1 aliphatic carbocycles. The minimum atomic E-state index is -0.174. The van der Waals surface area contributed by atoms with Gasteiger partial charge in [0.2, 0.25) is 11.9 Å². The maximum Gasteiger partial charge on any atom is 0.225 e. The topological polar surface area (TPSA) is 102 Å². The average Bonchev–Trinajstić information content (AvgIpc) is 2.88. The number of aromatic nitrogens is 2. The predicted octanol–water partition coefficient (Wildman–Crippen LogP) is 4.86. The first-order valence-corrected chi connectivity index (χ1v) is 12.0. The molecule has 178 valence electrons. The van der Waals surface area contributed by atoms with E-state index in [2.05, 4.69) is 22.8 Å². The summed E-state index contributed by atoms with van der Waals surface area (Å²) in [5.41, 5.74) is 8.50. The van der Waals surface area contributed by atoms with Crippen molar-refractivity contribution in [2.75, 3.05) is 23.8 Å². The van der Waals surface area contributed by atoms with Crippen molar-refractivity contribution in [2.45, 2.75) is 39.2 Å². The molecule has 7 nitrogen and oxygen atoms in total. The third kappa shape index (κ3) is 6.47. The molecular weight excluding hydrogens is 426 g/mol. The number of carbonyl (C=O) groups is 1. The maximum atomic E-state index is 11.4. The second kappa shape index (κ2) is 11.5. The fraction of sp³-hybridized carbons (Fsp3) is 0.370. The lowest BCUT2D eigenvalue weighted by molar-refractivity contribution is -0.122. The molecule has 1 fully saturated rings. The second-order valence-corrected chi connectivity index (χ2v) is 8.76. The molecule has 0 radical (unpaired) electrons. The van der Waals surface area contributed by atoms with Crippen molar-refractivity contribution >= 4 is 17.7 Å². The van der Waals surface area contributed by atoms with E-state index in [0.717, 1.165) is 55.1 Å². The number of hydrogen-bond acceptors (Lipinski definition) is 6. The zero-order chi connectivity index (χ0) is 23.8. The van der Waals surface area contributed by atoms with Crippen molar-refractivity contribution in [1.29, 1.82) is 0 Å². The van der Waals surface area contributed by atoms with Crippen molar-refractivity contribution in [3.63, 3.8) is 0 Å². The molecule has 0 spiro atoms. The molecule has 4 N–H and O–H groups in total. The van der Waals surface area contributed by atoms with Gasteiger partial charge >= 0.3 is 0 Å². The molecular formula is C27H33N5O2. The predicted molar refractivity (Wildman–Crippen MR) is 136 cm³/mol. The van der Waals surface area contributed by atoms with Gasteiger partial charge in [0.05, 0.1) is 12.3 Å². The van der Waals surface area contributed by atoms with Gasteiger partial charge in [-0.15, -0.1) is 0 Å². The van der Waals surface area contributed by atoms with E-state index < -0.39 is 0 Å². The molecule has 0 bridgehead atoms. The number of primary amides is 1. The highest BCUT2D eigenvalue weighted by Crippen LogP contribution is 2.29. The largest absolute Gasteiger partial charge is 0.494 e. The van der Waals surface area contributed by atoms with E-state index in [1.54, 1.807) is 0 Å². The maximum absolute atomic E-state index is 11.4. The molecule has 0 unspecified atom stereocenters. The van der Waals surface area contributed by atoms with Crippen LogP contribution >= 0.6 is 0 Å². The first-order chi connectivity index (χ1) is 16.6. The number of anilines is 2. The number of benzene rings is 2. The average molecular weight is 460 g/mol. The SMILES string of the molecule is CCOc1ccc(-c2cc(NCc3ccccc3)nc(NCC3CCC(C(N)=O)CC3)n2)cc1. The van der Waals surface area contributed by atoms with E-state index in [1.807, 2.05) is 55.5 Å². The monoisotopic (exact) mass is 459 g/mol. The minimum absolute atomic E-state index is 0.0178. The van der Waals surface area contributed by atoms with Crippen molar-refractivity contribution in [3.8, 4) is 17.0 Å². The lowest BCUT2D eigenvalue weighted by atomic mass is 9.82. The van der Waals surface area contributed by atoms with Crippen LogP contribution in [-0.4, -0.2) is 29.0 Å².